The maximum Gasteiger partial charge on any atom is 0.270 e. The number of benzene rings is 2. The van der Waals surface area contributed by atoms with Gasteiger partial charge in [0.25, 0.3) is 5.91 Å². The lowest BCUT2D eigenvalue weighted by Crippen LogP contribution is -2.48. The molecule has 4 heterocycles. The lowest BCUT2D eigenvalue weighted by molar-refractivity contribution is 0.0619. The number of piperazine rings is 1. The van der Waals surface area contributed by atoms with E-state index in [4.69, 9.17) is 18.6 Å². The maximum absolute atomic E-state index is 13.7. The Morgan fingerprint density at radius 1 is 0.889 bits per heavy atom. The molecule has 6 rings (SSSR count). The number of fused-ring (bicyclic) bond motifs is 2. The normalized spacial score (nSPS) is 15.6. The van der Waals surface area contributed by atoms with E-state index in [2.05, 4.69) is 15.5 Å². The van der Waals surface area contributed by atoms with Crippen molar-refractivity contribution in [3.05, 3.63) is 77.2 Å². The average molecular weight is 488 g/mol. The van der Waals surface area contributed by atoms with Crippen LogP contribution in [0, 0.1) is 6.92 Å². The summed E-state index contributed by atoms with van der Waals surface area (Å²) < 4.78 is 24.1. The molecule has 2 aromatic carbocycles. The molecule has 0 spiro atoms. The summed E-state index contributed by atoms with van der Waals surface area (Å²) in [5.74, 6) is 3.28. The molecule has 8 nitrogen and oxygen atoms in total. The quantitative estimate of drug-likeness (QED) is 0.404. The fourth-order valence-corrected chi connectivity index (χ4v) is 4.99. The number of nitrogens with zero attached hydrogens (tertiary/aromatic N) is 3. The fraction of sp³-hybridized carbons (Fsp3) is 0.321. The van der Waals surface area contributed by atoms with Crippen molar-refractivity contribution in [2.45, 2.75) is 20.0 Å². The molecule has 0 aliphatic carbocycles. The minimum atomic E-state index is 0.0373. The number of furan rings is 1. The van der Waals surface area contributed by atoms with E-state index in [-0.39, 0.29) is 12.7 Å². The zero-order valence-electron chi connectivity index (χ0n) is 20.5. The van der Waals surface area contributed by atoms with Gasteiger partial charge in [0, 0.05) is 51.4 Å². The average Bonchev–Trinajstić information content (AvgIpc) is 3.59. The minimum Gasteiger partial charge on any atom is -0.497 e. The molecule has 0 radical (unpaired) electrons. The zero-order chi connectivity index (χ0) is 24.6. The summed E-state index contributed by atoms with van der Waals surface area (Å²) in [5.41, 5.74) is 4.61. The van der Waals surface area contributed by atoms with Crippen LogP contribution >= 0.6 is 0 Å². The molecule has 8 heteroatoms. The molecular weight excluding hydrogens is 458 g/mol. The summed E-state index contributed by atoms with van der Waals surface area (Å²) in [6.07, 6.45) is 0. The van der Waals surface area contributed by atoms with Crippen LogP contribution in [0.1, 0.15) is 27.4 Å². The molecule has 0 bridgehead atoms. The second-order valence-corrected chi connectivity index (χ2v) is 9.33. The topological polar surface area (TPSA) is 69.3 Å². The molecule has 4 aromatic rings. The van der Waals surface area contributed by atoms with Gasteiger partial charge in [-0.2, -0.15) is 0 Å². The monoisotopic (exact) mass is 487 g/mol. The number of aryl methyl sites for hydroxylation is 1. The van der Waals surface area contributed by atoms with Gasteiger partial charge < -0.3 is 28.1 Å². The third kappa shape index (κ3) is 4.28. The molecule has 0 atom stereocenters. The molecule has 0 unspecified atom stereocenters. The lowest BCUT2D eigenvalue weighted by Gasteiger charge is -2.35. The molecule has 1 saturated heterocycles. The van der Waals surface area contributed by atoms with Gasteiger partial charge >= 0.3 is 0 Å². The number of hydrogen-bond acceptors (Lipinski definition) is 6. The fourth-order valence-electron chi connectivity index (χ4n) is 4.99. The smallest absolute Gasteiger partial charge is 0.270 e. The number of carbonyl (C=O) groups is 1. The van der Waals surface area contributed by atoms with E-state index in [1.165, 1.54) is 5.56 Å². The highest BCUT2D eigenvalue weighted by molar-refractivity contribution is 5.97. The van der Waals surface area contributed by atoms with Gasteiger partial charge in [-0.25, -0.2) is 0 Å². The van der Waals surface area contributed by atoms with Crippen molar-refractivity contribution in [1.29, 1.82) is 0 Å². The summed E-state index contributed by atoms with van der Waals surface area (Å²) in [4.78, 5) is 18.0. The molecular formula is C28H29N3O5. The standard InChI is InChI=1S/C28H29N3O5/c1-19-13-23-26(36-19)15-24(31(23)17-20-3-6-22(33-2)7-4-20)28(32)30-11-9-29(10-12-30)16-21-5-8-25-27(14-21)35-18-34-25/h3-8,13-15H,9-12,16-18H2,1-2H3. The van der Waals surface area contributed by atoms with Gasteiger partial charge in [0.1, 0.15) is 17.2 Å². The van der Waals surface area contributed by atoms with E-state index in [9.17, 15) is 4.79 Å². The van der Waals surface area contributed by atoms with Crippen LogP contribution < -0.4 is 14.2 Å². The van der Waals surface area contributed by atoms with Gasteiger partial charge in [-0.1, -0.05) is 18.2 Å². The van der Waals surface area contributed by atoms with Gasteiger partial charge in [-0.05, 0) is 42.3 Å². The van der Waals surface area contributed by atoms with Crippen molar-refractivity contribution in [1.82, 2.24) is 14.4 Å². The van der Waals surface area contributed by atoms with E-state index in [0.29, 0.717) is 25.3 Å². The molecule has 36 heavy (non-hydrogen) atoms. The summed E-state index contributed by atoms with van der Waals surface area (Å²) in [6.45, 7) is 6.59. The zero-order valence-corrected chi connectivity index (χ0v) is 20.5. The van der Waals surface area contributed by atoms with Crippen LogP contribution in [0.15, 0.2) is 59.0 Å². The molecule has 2 aromatic heterocycles. The SMILES string of the molecule is COc1ccc(Cn2c(C(=O)N3CCN(Cc4ccc5c(c4)OCO5)CC3)cc3oc(C)cc32)cc1. The van der Waals surface area contributed by atoms with Crippen LogP contribution in [0.25, 0.3) is 11.1 Å². The third-order valence-electron chi connectivity index (χ3n) is 6.93. The Kier molecular flexibility index (Phi) is 5.81. The number of methoxy groups -OCH3 is 1. The Morgan fingerprint density at radius 3 is 2.42 bits per heavy atom. The Labute approximate surface area is 209 Å². The van der Waals surface area contributed by atoms with Crippen molar-refractivity contribution in [2.24, 2.45) is 0 Å². The Balaban J connectivity index is 1.17. The van der Waals surface area contributed by atoms with Crippen molar-refractivity contribution >= 4 is 17.0 Å². The first-order valence-corrected chi connectivity index (χ1v) is 12.2. The minimum absolute atomic E-state index is 0.0373. The van der Waals surface area contributed by atoms with Crippen LogP contribution in [-0.4, -0.2) is 60.4 Å². The van der Waals surface area contributed by atoms with Crippen LogP contribution in [0.4, 0.5) is 0 Å². The lowest BCUT2D eigenvalue weighted by atomic mass is 10.1. The highest BCUT2D eigenvalue weighted by atomic mass is 16.7. The first kappa shape index (κ1) is 22.5. The van der Waals surface area contributed by atoms with Crippen molar-refractivity contribution in [2.75, 3.05) is 40.1 Å². The summed E-state index contributed by atoms with van der Waals surface area (Å²) in [6, 6.07) is 17.9. The summed E-state index contributed by atoms with van der Waals surface area (Å²) >= 11 is 0. The van der Waals surface area contributed by atoms with Crippen LogP contribution in [0.5, 0.6) is 17.2 Å². The number of rotatable bonds is 6. The van der Waals surface area contributed by atoms with E-state index < -0.39 is 0 Å². The number of amides is 1. The highest BCUT2D eigenvalue weighted by Gasteiger charge is 2.27. The molecule has 2 aliphatic rings. The van der Waals surface area contributed by atoms with Gasteiger partial charge in [-0.3, -0.25) is 9.69 Å². The van der Waals surface area contributed by atoms with Crippen molar-refractivity contribution in [3.63, 3.8) is 0 Å². The van der Waals surface area contributed by atoms with Crippen LogP contribution in [-0.2, 0) is 13.1 Å². The molecule has 1 fully saturated rings. The first-order valence-electron chi connectivity index (χ1n) is 12.2. The summed E-state index contributed by atoms with van der Waals surface area (Å²) in [7, 11) is 1.66. The van der Waals surface area contributed by atoms with Gasteiger partial charge in [-0.15, -0.1) is 0 Å². The Bertz CT molecular complexity index is 1400. The molecule has 186 valence electrons. The Hall–Kier alpha value is -3.91. The second kappa shape index (κ2) is 9.28. The van der Waals surface area contributed by atoms with Gasteiger partial charge in [0.15, 0.2) is 17.1 Å². The van der Waals surface area contributed by atoms with E-state index in [0.717, 1.165) is 59.3 Å². The Morgan fingerprint density at radius 2 is 1.64 bits per heavy atom. The van der Waals surface area contributed by atoms with Crippen molar-refractivity contribution in [3.8, 4) is 17.2 Å². The maximum atomic E-state index is 13.7. The first-order chi connectivity index (χ1) is 17.6. The molecule has 1 amide bonds. The van der Waals surface area contributed by atoms with E-state index in [1.807, 2.05) is 60.4 Å². The van der Waals surface area contributed by atoms with Gasteiger partial charge in [0.2, 0.25) is 6.79 Å². The highest BCUT2D eigenvalue weighted by Crippen LogP contribution is 2.33. The van der Waals surface area contributed by atoms with Crippen LogP contribution in [0.2, 0.25) is 0 Å². The molecule has 0 N–H and O–H groups in total. The van der Waals surface area contributed by atoms with Gasteiger partial charge in [0.05, 0.1) is 12.6 Å². The van der Waals surface area contributed by atoms with E-state index >= 15 is 0 Å². The third-order valence-corrected chi connectivity index (χ3v) is 6.93. The largest absolute Gasteiger partial charge is 0.497 e. The number of ether oxygens (including phenoxy) is 3. The summed E-state index contributed by atoms with van der Waals surface area (Å²) in [5, 5.41) is 0. The molecule has 0 saturated carbocycles. The molecule has 2 aliphatic heterocycles. The second-order valence-electron chi connectivity index (χ2n) is 9.33. The number of carbonyl (C=O) groups excluding carboxylic acids is 1. The van der Waals surface area contributed by atoms with E-state index in [1.54, 1.807) is 7.11 Å². The number of aromatic nitrogens is 1. The predicted octanol–water partition coefficient (Wildman–Crippen LogP) is 4.29. The number of hydrogen-bond donors (Lipinski definition) is 0. The van der Waals surface area contributed by atoms with Crippen LogP contribution in [0.3, 0.4) is 0 Å². The van der Waals surface area contributed by atoms with Crippen molar-refractivity contribution < 1.29 is 23.4 Å². The predicted molar refractivity (Wildman–Crippen MR) is 135 cm³/mol.